The molecule has 0 amide bonds. The maximum atomic E-state index is 10.7. The van der Waals surface area contributed by atoms with Gasteiger partial charge in [0.1, 0.15) is 0 Å². The zero-order valence-electron chi connectivity index (χ0n) is 40.3. The van der Waals surface area contributed by atoms with Gasteiger partial charge in [0.05, 0.1) is 34.2 Å². The van der Waals surface area contributed by atoms with Gasteiger partial charge in [-0.1, -0.05) is 80.9 Å². The molecule has 0 N–H and O–H groups in total. The van der Waals surface area contributed by atoms with E-state index in [1.807, 2.05) is 71.9 Å². The third kappa shape index (κ3) is 13.0. The molecule has 0 atom stereocenters. The fourth-order valence-electron chi connectivity index (χ4n) is 8.02. The van der Waals surface area contributed by atoms with Crippen molar-refractivity contribution in [1.29, 1.82) is 0 Å². The van der Waals surface area contributed by atoms with Gasteiger partial charge in [-0.05, 0) is 172 Å². The van der Waals surface area contributed by atoms with Crippen molar-refractivity contribution in [2.75, 3.05) is 0 Å². The van der Waals surface area contributed by atoms with Crippen LogP contribution in [-0.4, -0.2) is 72.4 Å². The fraction of sp³-hybridized carbons (Fsp3) is 0.362. The second-order valence-electron chi connectivity index (χ2n) is 17.8. The van der Waals surface area contributed by atoms with E-state index in [-0.39, 0.29) is 51.6 Å². The van der Waals surface area contributed by atoms with Crippen molar-refractivity contribution in [2.45, 2.75) is 116 Å². The molecule has 0 spiro atoms. The number of hydrogen-bond acceptors (Lipinski definition) is 7. The summed E-state index contributed by atoms with van der Waals surface area (Å²) in [5.41, 5.74) is 15.5. The molecule has 0 aliphatic rings. The molecule has 1 radical (unpaired) electrons. The number of nitrogens with zero attached hydrogens (tertiary/aromatic N) is 12. The average molecular weight is 986 g/mol. The molecule has 0 aliphatic carbocycles. The molecular weight excluding hydrogens is 921 g/mol. The molecule has 0 fully saturated rings. The summed E-state index contributed by atoms with van der Waals surface area (Å²) in [6.45, 7) is 33.1. The monoisotopic (exact) mass is 987 g/mol. The molecule has 8 rings (SSSR count). The van der Waals surface area contributed by atoms with E-state index in [2.05, 4.69) is 145 Å². The molecule has 8 aromatic rings. The predicted molar refractivity (Wildman–Crippen MR) is 253 cm³/mol. The van der Waals surface area contributed by atoms with Crippen molar-refractivity contribution in [3.05, 3.63) is 170 Å². The Balaban J connectivity index is 0.000000199. The Kier molecular flexibility index (Phi) is 17.3. The van der Waals surface area contributed by atoms with Gasteiger partial charge in [-0.3, -0.25) is 0 Å². The Hall–Kier alpha value is -5.03. The van der Waals surface area contributed by atoms with Crippen LogP contribution in [0.15, 0.2) is 91.0 Å². The zero-order chi connectivity index (χ0) is 45.6. The van der Waals surface area contributed by atoms with Crippen molar-refractivity contribution in [3.8, 4) is 5.75 Å². The molecule has 0 aliphatic heterocycles. The van der Waals surface area contributed by atoms with Crippen LogP contribution < -0.4 is 5.11 Å². The van der Waals surface area contributed by atoms with Crippen LogP contribution in [0.1, 0.15) is 100 Å². The van der Waals surface area contributed by atoms with Gasteiger partial charge < -0.3 is 32.7 Å². The Labute approximate surface area is 407 Å². The second-order valence-corrected chi connectivity index (χ2v) is 17.8. The van der Waals surface area contributed by atoms with Crippen molar-refractivity contribution < 1.29 is 45.5 Å². The molecule has 2 aromatic carbocycles. The molecule has 16 heteroatoms. The topological polar surface area (TPSA) is 130 Å². The summed E-state index contributed by atoms with van der Waals surface area (Å²) in [4.78, 5) is 0. The smallest absolute Gasteiger partial charge is 0.872 e. The molecule has 0 unspecified atom stereocenters. The van der Waals surface area contributed by atoms with Crippen LogP contribution in [0.5, 0.6) is 5.75 Å². The third-order valence-electron chi connectivity index (χ3n) is 10.9. The van der Waals surface area contributed by atoms with E-state index in [1.54, 1.807) is 12.1 Å². The van der Waals surface area contributed by atoms with Crippen LogP contribution >= 0.6 is 0 Å². The standard InChI is InChI=1S/2C15H22BN6.C10H14O.C7H8.Sm/c2*1-10-7-13(4)20(17-10)16(21-14(5)8-11(2)18-21)22-15(6)9-12(3)19-22;1-10(2,3)8-4-6-9(11)7-5-8;1-7-5-3-2-4-6-7;/h2*7-9,16H,1-6H3;4-7,11H,1-3H3;2-6H,1H3;/q2*-1;;;+3/p-1. The van der Waals surface area contributed by atoms with Crippen LogP contribution in [0.2, 0.25) is 0 Å². The van der Waals surface area contributed by atoms with E-state index < -0.39 is 14.2 Å². The van der Waals surface area contributed by atoms with Crippen LogP contribution in [0.3, 0.4) is 0 Å². The molecule has 6 aromatic heterocycles. The minimum atomic E-state index is -1.26. The summed E-state index contributed by atoms with van der Waals surface area (Å²) < 4.78 is 12.4. The molecule has 0 saturated heterocycles. The van der Waals surface area contributed by atoms with E-state index in [1.165, 1.54) is 11.1 Å². The molecule has 6 heterocycles. The van der Waals surface area contributed by atoms with Gasteiger partial charge in [0.15, 0.2) is 0 Å². The van der Waals surface area contributed by atoms with E-state index in [4.69, 9.17) is 30.6 Å². The first kappa shape index (κ1) is 50.6. The molecular formula is C47H65B2N12OSm. The molecule has 0 saturated carbocycles. The van der Waals surface area contributed by atoms with Crippen molar-refractivity contribution in [1.82, 2.24) is 58.1 Å². The van der Waals surface area contributed by atoms with Crippen LogP contribution in [0, 0.1) is 130 Å². The summed E-state index contributed by atoms with van der Waals surface area (Å²) in [6, 6.07) is 29.8. The normalized spacial score (nSPS) is 11.1. The predicted octanol–water partition coefficient (Wildman–Crippen LogP) is 7.63. The summed E-state index contributed by atoms with van der Waals surface area (Å²) in [5, 5.41) is 38.9. The SMILES string of the molecule is CC(C)(C)c1ccc([O-])cc1.Cc1cc(C)n([BH-](n2nc(C)cc2C)n2nc(C)cc2C)n1.Cc1cc(C)n([BH-](n2nc(C)cc2C)n2nc(C)cc2C)n1.Cc1ccccc1.[Sm+3]. The minimum absolute atomic E-state index is 0. The van der Waals surface area contributed by atoms with Crippen LogP contribution in [0.4, 0.5) is 0 Å². The maximum Gasteiger partial charge on any atom is 3.00 e. The van der Waals surface area contributed by atoms with Gasteiger partial charge in [0.2, 0.25) is 0 Å². The summed E-state index contributed by atoms with van der Waals surface area (Å²) in [7, 11) is -2.52. The second kappa shape index (κ2) is 21.6. The third-order valence-corrected chi connectivity index (χ3v) is 10.9. The van der Waals surface area contributed by atoms with Gasteiger partial charge in [-0.2, -0.15) is 0 Å². The molecule has 0 bridgehead atoms. The van der Waals surface area contributed by atoms with E-state index in [9.17, 15) is 5.11 Å². The quantitative estimate of drug-likeness (QED) is 0.157. The van der Waals surface area contributed by atoms with Gasteiger partial charge in [-0.15, -0.1) is 5.75 Å². The minimum Gasteiger partial charge on any atom is -0.872 e. The molecule has 331 valence electrons. The van der Waals surface area contributed by atoms with Gasteiger partial charge in [-0.25, -0.2) is 30.6 Å². The zero-order valence-corrected chi connectivity index (χ0v) is 42.9. The fourth-order valence-corrected chi connectivity index (χ4v) is 8.02. The Bertz CT molecular complexity index is 2340. The number of aryl methyl sites for hydroxylation is 13. The summed E-state index contributed by atoms with van der Waals surface area (Å²) in [6.07, 6.45) is 0. The maximum absolute atomic E-state index is 10.7. The summed E-state index contributed by atoms with van der Waals surface area (Å²) in [5.74, 6) is 0.0815. The van der Waals surface area contributed by atoms with Crippen molar-refractivity contribution in [2.24, 2.45) is 0 Å². The Morgan fingerprint density at radius 2 is 0.619 bits per heavy atom. The van der Waals surface area contributed by atoms with E-state index in [0.717, 1.165) is 68.3 Å². The molecule has 63 heavy (non-hydrogen) atoms. The number of aromatic nitrogens is 12. The number of benzene rings is 2. The number of hydrogen-bond donors (Lipinski definition) is 0. The summed E-state index contributed by atoms with van der Waals surface area (Å²) >= 11 is 0. The largest absolute Gasteiger partial charge is 3.00 e. The van der Waals surface area contributed by atoms with Gasteiger partial charge in [0.25, 0.3) is 0 Å². The Morgan fingerprint density at radius 3 is 0.778 bits per heavy atom. The van der Waals surface area contributed by atoms with Gasteiger partial charge >= 0.3 is 54.6 Å². The first-order valence-corrected chi connectivity index (χ1v) is 21.4. The molecule has 13 nitrogen and oxygen atoms in total. The van der Waals surface area contributed by atoms with Gasteiger partial charge in [0, 0.05) is 0 Å². The van der Waals surface area contributed by atoms with Crippen LogP contribution in [0.25, 0.3) is 0 Å². The van der Waals surface area contributed by atoms with E-state index >= 15 is 0 Å². The van der Waals surface area contributed by atoms with Crippen molar-refractivity contribution in [3.63, 3.8) is 0 Å². The van der Waals surface area contributed by atoms with Crippen molar-refractivity contribution >= 4 is 14.2 Å². The van der Waals surface area contributed by atoms with Crippen LogP contribution in [-0.2, 0) is 5.41 Å². The first-order valence-electron chi connectivity index (χ1n) is 21.4. The Morgan fingerprint density at radius 1 is 0.381 bits per heavy atom. The van der Waals surface area contributed by atoms with E-state index in [0.29, 0.717) is 0 Å². The number of rotatable bonds is 6. The average Bonchev–Trinajstić information content (AvgIpc) is 4.02. The first-order chi connectivity index (χ1) is 29.1.